The minimum absolute atomic E-state index is 0.0300. The number of amides is 1. The van der Waals surface area contributed by atoms with Crippen molar-refractivity contribution in [2.75, 3.05) is 20.3 Å². The molecule has 0 radical (unpaired) electrons. The highest BCUT2D eigenvalue weighted by molar-refractivity contribution is 6.30. The van der Waals surface area contributed by atoms with E-state index in [1.165, 1.54) is 5.56 Å². The van der Waals surface area contributed by atoms with Crippen LogP contribution in [0.5, 0.6) is 11.5 Å². The average Bonchev–Trinajstić information content (AvgIpc) is 2.63. The molecule has 5 nitrogen and oxygen atoms in total. The third-order valence-corrected chi connectivity index (χ3v) is 4.20. The summed E-state index contributed by atoms with van der Waals surface area (Å²) in [6, 6.07) is 13.5. The van der Waals surface area contributed by atoms with E-state index in [0.29, 0.717) is 17.3 Å². The fourth-order valence-electron chi connectivity index (χ4n) is 2.67. The fourth-order valence-corrected chi connectivity index (χ4v) is 2.87. The monoisotopic (exact) mass is 404 g/mol. The fraction of sp³-hybridized carbons (Fsp3) is 0.409. The lowest BCUT2D eigenvalue weighted by atomic mass is 10.1. The zero-order valence-corrected chi connectivity index (χ0v) is 17.7. The second kappa shape index (κ2) is 10.3. The largest absolute Gasteiger partial charge is 0.497 e. The predicted octanol–water partition coefficient (Wildman–Crippen LogP) is 3.97. The number of benzene rings is 2. The summed E-state index contributed by atoms with van der Waals surface area (Å²) in [5, 5.41) is 6.92. The lowest BCUT2D eigenvalue weighted by Crippen LogP contribution is -2.43. The van der Waals surface area contributed by atoms with Gasteiger partial charge in [-0.15, -0.1) is 0 Å². The van der Waals surface area contributed by atoms with E-state index in [-0.39, 0.29) is 18.1 Å². The van der Waals surface area contributed by atoms with E-state index in [4.69, 9.17) is 21.1 Å². The molecular formula is C22H29ClN2O3. The quantitative estimate of drug-likeness (QED) is 0.621. The minimum atomic E-state index is -0.285. The van der Waals surface area contributed by atoms with E-state index < -0.39 is 0 Å². The van der Waals surface area contributed by atoms with Crippen LogP contribution in [0.1, 0.15) is 31.9 Å². The Labute approximate surface area is 172 Å². The summed E-state index contributed by atoms with van der Waals surface area (Å²) in [5.41, 5.74) is 1.87. The number of methoxy groups -OCH3 is 1. The van der Waals surface area contributed by atoms with Crippen LogP contribution in [0.15, 0.2) is 42.5 Å². The van der Waals surface area contributed by atoms with Gasteiger partial charge in [-0.3, -0.25) is 4.79 Å². The molecule has 28 heavy (non-hydrogen) atoms. The number of carbonyl (C=O) groups excluding carboxylic acids is 1. The van der Waals surface area contributed by atoms with Gasteiger partial charge in [0.05, 0.1) is 7.11 Å². The number of carbonyl (C=O) groups is 1. The van der Waals surface area contributed by atoms with Gasteiger partial charge in [0, 0.05) is 22.7 Å². The molecule has 0 saturated heterocycles. The molecule has 0 heterocycles. The molecule has 0 saturated carbocycles. The van der Waals surface area contributed by atoms with Crippen LogP contribution in [0.2, 0.25) is 5.02 Å². The maximum Gasteiger partial charge on any atom is 0.258 e. The molecule has 0 aromatic heterocycles. The van der Waals surface area contributed by atoms with Gasteiger partial charge in [-0.05, 0) is 69.6 Å². The van der Waals surface area contributed by atoms with Crippen LogP contribution in [0.25, 0.3) is 0 Å². The third kappa shape index (κ3) is 7.79. The summed E-state index contributed by atoms with van der Waals surface area (Å²) in [6.45, 7) is 7.19. The van der Waals surface area contributed by atoms with Crippen LogP contribution in [0.4, 0.5) is 0 Å². The van der Waals surface area contributed by atoms with Gasteiger partial charge in [0.2, 0.25) is 0 Å². The molecule has 0 fully saturated rings. The Kier molecular flexibility index (Phi) is 8.15. The summed E-state index contributed by atoms with van der Waals surface area (Å²) in [7, 11) is 1.66. The van der Waals surface area contributed by atoms with E-state index in [9.17, 15) is 4.79 Å². The normalized spacial score (nSPS) is 11.2. The van der Waals surface area contributed by atoms with Gasteiger partial charge >= 0.3 is 0 Å². The Morgan fingerprint density at radius 2 is 1.82 bits per heavy atom. The van der Waals surface area contributed by atoms with Crippen LogP contribution in [-0.4, -0.2) is 31.7 Å². The molecule has 2 rings (SSSR count). The Morgan fingerprint density at radius 3 is 2.46 bits per heavy atom. The van der Waals surface area contributed by atoms with Crippen molar-refractivity contribution in [1.29, 1.82) is 0 Å². The zero-order valence-electron chi connectivity index (χ0n) is 17.0. The first-order valence-electron chi connectivity index (χ1n) is 9.33. The van der Waals surface area contributed by atoms with Gasteiger partial charge in [-0.1, -0.05) is 23.7 Å². The Bertz CT molecular complexity index is 770. The standard InChI is InChI=1S/C22H29ClN2O3/c1-22(2,3)25-21(26)15-28-20-10-7-18(23)13-17(20)14-24-12-11-16-5-8-19(27-4)9-6-16/h5-10,13,24H,11-12,14-15H2,1-4H3,(H,25,26). The van der Waals surface area contributed by atoms with Crippen molar-refractivity contribution < 1.29 is 14.3 Å². The summed E-state index contributed by atoms with van der Waals surface area (Å²) in [4.78, 5) is 12.0. The molecule has 0 bridgehead atoms. The Hall–Kier alpha value is -2.24. The summed E-state index contributed by atoms with van der Waals surface area (Å²) in [5.74, 6) is 1.36. The highest BCUT2D eigenvalue weighted by Crippen LogP contribution is 2.23. The average molecular weight is 405 g/mol. The molecule has 2 N–H and O–H groups in total. The molecule has 2 aromatic carbocycles. The summed E-state index contributed by atoms with van der Waals surface area (Å²) < 4.78 is 10.9. The summed E-state index contributed by atoms with van der Waals surface area (Å²) in [6.07, 6.45) is 0.898. The van der Waals surface area contributed by atoms with Crippen molar-refractivity contribution in [2.24, 2.45) is 0 Å². The molecule has 2 aromatic rings. The molecule has 0 aliphatic carbocycles. The van der Waals surface area contributed by atoms with E-state index >= 15 is 0 Å². The lowest BCUT2D eigenvalue weighted by Gasteiger charge is -2.21. The maximum absolute atomic E-state index is 12.0. The predicted molar refractivity (Wildman–Crippen MR) is 113 cm³/mol. The van der Waals surface area contributed by atoms with Crippen molar-refractivity contribution in [3.63, 3.8) is 0 Å². The zero-order chi connectivity index (χ0) is 20.6. The van der Waals surface area contributed by atoms with Gasteiger partial charge in [0.15, 0.2) is 6.61 Å². The van der Waals surface area contributed by atoms with Crippen molar-refractivity contribution in [2.45, 2.75) is 39.3 Å². The third-order valence-electron chi connectivity index (χ3n) is 3.96. The lowest BCUT2D eigenvalue weighted by molar-refractivity contribution is -0.124. The van der Waals surface area contributed by atoms with Crippen molar-refractivity contribution >= 4 is 17.5 Å². The van der Waals surface area contributed by atoms with Crippen LogP contribution in [-0.2, 0) is 17.8 Å². The van der Waals surface area contributed by atoms with E-state index in [1.54, 1.807) is 19.2 Å². The van der Waals surface area contributed by atoms with Crippen LogP contribution in [0.3, 0.4) is 0 Å². The first-order chi connectivity index (χ1) is 13.3. The number of hydrogen-bond donors (Lipinski definition) is 2. The van der Waals surface area contributed by atoms with E-state index in [1.807, 2.05) is 39.0 Å². The SMILES string of the molecule is COc1ccc(CCNCc2cc(Cl)ccc2OCC(=O)NC(C)(C)C)cc1. The first-order valence-corrected chi connectivity index (χ1v) is 9.70. The number of hydrogen-bond acceptors (Lipinski definition) is 4. The minimum Gasteiger partial charge on any atom is -0.497 e. The molecule has 0 unspecified atom stereocenters. The number of rotatable bonds is 9. The van der Waals surface area contributed by atoms with Crippen molar-refractivity contribution in [3.05, 3.63) is 58.6 Å². The Balaban J connectivity index is 1.86. The van der Waals surface area contributed by atoms with Gasteiger partial charge in [0.25, 0.3) is 5.91 Å². The van der Waals surface area contributed by atoms with E-state index in [2.05, 4.69) is 22.8 Å². The second-order valence-electron chi connectivity index (χ2n) is 7.61. The molecule has 0 spiro atoms. The van der Waals surface area contributed by atoms with Gasteiger partial charge < -0.3 is 20.1 Å². The molecule has 0 aliphatic heterocycles. The van der Waals surface area contributed by atoms with Crippen LogP contribution in [0, 0.1) is 0 Å². The molecule has 1 amide bonds. The van der Waals surface area contributed by atoms with Crippen LogP contribution < -0.4 is 20.1 Å². The van der Waals surface area contributed by atoms with Crippen molar-refractivity contribution in [3.8, 4) is 11.5 Å². The maximum atomic E-state index is 12.0. The molecule has 6 heteroatoms. The molecule has 152 valence electrons. The molecular weight excluding hydrogens is 376 g/mol. The molecule has 0 atom stereocenters. The number of ether oxygens (including phenoxy) is 2. The topological polar surface area (TPSA) is 59.6 Å². The highest BCUT2D eigenvalue weighted by atomic mass is 35.5. The first kappa shape index (κ1) is 22.1. The van der Waals surface area contributed by atoms with Crippen molar-refractivity contribution in [1.82, 2.24) is 10.6 Å². The molecule has 0 aliphatic rings. The van der Waals surface area contributed by atoms with Gasteiger partial charge in [-0.25, -0.2) is 0 Å². The Morgan fingerprint density at radius 1 is 1.11 bits per heavy atom. The smallest absolute Gasteiger partial charge is 0.258 e. The van der Waals surface area contributed by atoms with E-state index in [0.717, 1.165) is 24.3 Å². The number of nitrogens with one attached hydrogen (secondary N) is 2. The van der Waals surface area contributed by atoms with Gasteiger partial charge in [0.1, 0.15) is 11.5 Å². The van der Waals surface area contributed by atoms with Crippen LogP contribution >= 0.6 is 11.6 Å². The summed E-state index contributed by atoms with van der Waals surface area (Å²) >= 11 is 6.13. The highest BCUT2D eigenvalue weighted by Gasteiger charge is 2.14. The van der Waals surface area contributed by atoms with Gasteiger partial charge in [-0.2, -0.15) is 0 Å². The number of halogens is 1. The second-order valence-corrected chi connectivity index (χ2v) is 8.05.